The monoisotopic (exact) mass is 255 g/mol. The number of imidazole rings is 1. The van der Waals surface area contributed by atoms with E-state index in [1.807, 2.05) is 29.9 Å². The molecular formula is C14H13N3O2. The van der Waals surface area contributed by atoms with Crippen LogP contribution >= 0.6 is 0 Å². The number of nitrogens with zero attached hydrogens (tertiary/aromatic N) is 2. The van der Waals surface area contributed by atoms with Gasteiger partial charge in [-0.15, -0.1) is 0 Å². The molecule has 2 aromatic rings. The summed E-state index contributed by atoms with van der Waals surface area (Å²) in [4.78, 5) is 27.4. The molecule has 1 N–H and O–H groups in total. The van der Waals surface area contributed by atoms with Crippen LogP contribution in [-0.4, -0.2) is 21.4 Å². The van der Waals surface area contributed by atoms with E-state index in [0.717, 1.165) is 17.7 Å². The lowest BCUT2D eigenvalue weighted by Gasteiger charge is -2.06. The SMILES string of the molecule is Cn1cncc1CCc1cccc2c1C(=O)NC2=O. The van der Waals surface area contributed by atoms with Crippen molar-refractivity contribution in [1.29, 1.82) is 0 Å². The molecule has 0 spiro atoms. The molecule has 0 atom stereocenters. The lowest BCUT2D eigenvalue weighted by Crippen LogP contribution is -2.20. The Morgan fingerprint density at radius 3 is 2.79 bits per heavy atom. The van der Waals surface area contributed by atoms with Crippen LogP contribution in [0.5, 0.6) is 0 Å². The molecular weight excluding hydrogens is 242 g/mol. The van der Waals surface area contributed by atoms with E-state index in [-0.39, 0.29) is 11.8 Å². The maximum atomic E-state index is 11.8. The molecule has 1 aliphatic heterocycles. The molecule has 96 valence electrons. The number of hydrogen-bond donors (Lipinski definition) is 1. The van der Waals surface area contributed by atoms with Gasteiger partial charge in [-0.2, -0.15) is 0 Å². The van der Waals surface area contributed by atoms with Crippen LogP contribution in [0.2, 0.25) is 0 Å². The highest BCUT2D eigenvalue weighted by Crippen LogP contribution is 2.21. The molecule has 0 saturated heterocycles. The van der Waals surface area contributed by atoms with Gasteiger partial charge in [0.05, 0.1) is 17.5 Å². The molecule has 0 bridgehead atoms. The van der Waals surface area contributed by atoms with Crippen molar-refractivity contribution in [2.24, 2.45) is 7.05 Å². The van der Waals surface area contributed by atoms with Crippen LogP contribution in [0.25, 0.3) is 0 Å². The summed E-state index contributed by atoms with van der Waals surface area (Å²) in [5.74, 6) is -0.594. The van der Waals surface area contributed by atoms with Gasteiger partial charge in [0.15, 0.2) is 0 Å². The van der Waals surface area contributed by atoms with Gasteiger partial charge < -0.3 is 4.57 Å². The minimum atomic E-state index is -0.303. The topological polar surface area (TPSA) is 64.0 Å². The van der Waals surface area contributed by atoms with E-state index in [2.05, 4.69) is 10.3 Å². The van der Waals surface area contributed by atoms with Crippen LogP contribution in [0.3, 0.4) is 0 Å². The quantitative estimate of drug-likeness (QED) is 0.835. The number of fused-ring (bicyclic) bond motifs is 1. The standard InChI is InChI=1S/C14H13N3O2/c1-17-8-15-7-10(17)6-5-9-3-2-4-11-12(9)14(19)16-13(11)18/h2-4,7-8H,5-6H2,1H3,(H,16,18,19). The summed E-state index contributed by atoms with van der Waals surface area (Å²) < 4.78 is 1.95. The minimum Gasteiger partial charge on any atom is -0.338 e. The van der Waals surface area contributed by atoms with E-state index in [4.69, 9.17) is 0 Å². The van der Waals surface area contributed by atoms with Crippen LogP contribution in [0.1, 0.15) is 32.0 Å². The van der Waals surface area contributed by atoms with Crippen LogP contribution in [0.15, 0.2) is 30.7 Å². The van der Waals surface area contributed by atoms with Gasteiger partial charge in [-0.05, 0) is 24.5 Å². The van der Waals surface area contributed by atoms with Gasteiger partial charge in [0.1, 0.15) is 0 Å². The van der Waals surface area contributed by atoms with E-state index < -0.39 is 0 Å². The fourth-order valence-corrected chi connectivity index (χ4v) is 2.39. The van der Waals surface area contributed by atoms with Crippen LogP contribution < -0.4 is 5.32 Å². The number of rotatable bonds is 3. The van der Waals surface area contributed by atoms with Crippen molar-refractivity contribution in [3.8, 4) is 0 Å². The molecule has 5 heteroatoms. The Hall–Kier alpha value is -2.43. The largest absolute Gasteiger partial charge is 0.338 e. The zero-order valence-corrected chi connectivity index (χ0v) is 10.5. The van der Waals surface area contributed by atoms with Crippen molar-refractivity contribution < 1.29 is 9.59 Å². The van der Waals surface area contributed by atoms with E-state index in [1.165, 1.54) is 0 Å². The first-order chi connectivity index (χ1) is 9.16. The molecule has 2 heterocycles. The predicted molar refractivity (Wildman–Crippen MR) is 68.9 cm³/mol. The summed E-state index contributed by atoms with van der Waals surface area (Å²) in [6.45, 7) is 0. The van der Waals surface area contributed by atoms with Gasteiger partial charge in [0.2, 0.25) is 0 Å². The Morgan fingerprint density at radius 2 is 2.05 bits per heavy atom. The normalized spacial score (nSPS) is 13.5. The van der Waals surface area contributed by atoms with E-state index in [0.29, 0.717) is 17.5 Å². The first-order valence-corrected chi connectivity index (χ1v) is 6.09. The molecule has 0 saturated carbocycles. The average Bonchev–Trinajstić information content (AvgIpc) is 2.92. The molecule has 0 radical (unpaired) electrons. The Labute approximate surface area is 110 Å². The highest BCUT2D eigenvalue weighted by molar-refractivity contribution is 6.22. The van der Waals surface area contributed by atoms with Gasteiger partial charge in [-0.1, -0.05) is 12.1 Å². The maximum Gasteiger partial charge on any atom is 0.259 e. The molecule has 1 aromatic carbocycles. The number of aryl methyl sites for hydroxylation is 3. The number of carbonyl (C=O) groups is 2. The second-order valence-electron chi connectivity index (χ2n) is 4.62. The van der Waals surface area contributed by atoms with Crippen molar-refractivity contribution >= 4 is 11.8 Å². The zero-order valence-electron chi connectivity index (χ0n) is 10.5. The lowest BCUT2D eigenvalue weighted by molar-refractivity contribution is 0.0879. The number of nitrogens with one attached hydrogen (secondary N) is 1. The fraction of sp³-hybridized carbons (Fsp3) is 0.214. The van der Waals surface area contributed by atoms with E-state index >= 15 is 0 Å². The van der Waals surface area contributed by atoms with Gasteiger partial charge in [0, 0.05) is 18.9 Å². The van der Waals surface area contributed by atoms with Crippen LogP contribution in [-0.2, 0) is 19.9 Å². The summed E-state index contributed by atoms with van der Waals surface area (Å²) >= 11 is 0. The Balaban J connectivity index is 1.89. The van der Waals surface area contributed by atoms with E-state index in [1.54, 1.807) is 12.4 Å². The number of amides is 2. The molecule has 19 heavy (non-hydrogen) atoms. The molecule has 0 fully saturated rings. The lowest BCUT2D eigenvalue weighted by atomic mass is 9.98. The average molecular weight is 255 g/mol. The van der Waals surface area contributed by atoms with Gasteiger partial charge in [-0.3, -0.25) is 14.9 Å². The zero-order chi connectivity index (χ0) is 13.4. The molecule has 3 rings (SSSR count). The first kappa shape index (κ1) is 11.6. The highest BCUT2D eigenvalue weighted by Gasteiger charge is 2.28. The first-order valence-electron chi connectivity index (χ1n) is 6.09. The third-order valence-electron chi connectivity index (χ3n) is 3.42. The maximum absolute atomic E-state index is 11.8. The molecule has 1 aliphatic rings. The van der Waals surface area contributed by atoms with Gasteiger partial charge in [-0.25, -0.2) is 4.98 Å². The van der Waals surface area contributed by atoms with E-state index in [9.17, 15) is 9.59 Å². The third-order valence-corrected chi connectivity index (χ3v) is 3.42. The van der Waals surface area contributed by atoms with Gasteiger partial charge in [0.25, 0.3) is 11.8 Å². The molecule has 0 aliphatic carbocycles. The summed E-state index contributed by atoms with van der Waals surface area (Å²) in [6, 6.07) is 5.39. The molecule has 0 unspecified atom stereocenters. The fourth-order valence-electron chi connectivity index (χ4n) is 2.39. The summed E-state index contributed by atoms with van der Waals surface area (Å²) in [5, 5.41) is 2.33. The Morgan fingerprint density at radius 1 is 1.21 bits per heavy atom. The molecule has 5 nitrogen and oxygen atoms in total. The molecule has 1 aromatic heterocycles. The number of carbonyl (C=O) groups excluding carboxylic acids is 2. The van der Waals surface area contributed by atoms with Crippen molar-refractivity contribution in [3.63, 3.8) is 0 Å². The summed E-state index contributed by atoms with van der Waals surface area (Å²) in [5.41, 5.74) is 3.01. The highest BCUT2D eigenvalue weighted by atomic mass is 16.2. The summed E-state index contributed by atoms with van der Waals surface area (Å²) in [7, 11) is 1.94. The van der Waals surface area contributed by atoms with Crippen LogP contribution in [0.4, 0.5) is 0 Å². The third kappa shape index (κ3) is 1.93. The van der Waals surface area contributed by atoms with Crippen LogP contribution in [0, 0.1) is 0 Å². The predicted octanol–water partition coefficient (Wildman–Crippen LogP) is 1.09. The second-order valence-corrected chi connectivity index (χ2v) is 4.62. The number of benzene rings is 1. The molecule has 2 amide bonds. The second kappa shape index (κ2) is 4.35. The summed E-state index contributed by atoms with van der Waals surface area (Å²) in [6.07, 6.45) is 5.06. The Kier molecular flexibility index (Phi) is 2.67. The van der Waals surface area contributed by atoms with Gasteiger partial charge >= 0.3 is 0 Å². The Bertz CT molecular complexity index is 673. The van der Waals surface area contributed by atoms with Crippen molar-refractivity contribution in [2.45, 2.75) is 12.8 Å². The smallest absolute Gasteiger partial charge is 0.259 e. The number of aromatic nitrogens is 2. The minimum absolute atomic E-state index is 0.291. The van der Waals surface area contributed by atoms with Crippen molar-refractivity contribution in [1.82, 2.24) is 14.9 Å². The number of imide groups is 1. The van der Waals surface area contributed by atoms with Crippen molar-refractivity contribution in [3.05, 3.63) is 53.1 Å². The number of hydrogen-bond acceptors (Lipinski definition) is 3. The van der Waals surface area contributed by atoms with Crippen molar-refractivity contribution in [2.75, 3.05) is 0 Å².